The first-order valence-electron chi connectivity index (χ1n) is 6.30. The summed E-state index contributed by atoms with van der Waals surface area (Å²) in [4.78, 5) is 12.1. The molecule has 0 radical (unpaired) electrons. The van der Waals surface area contributed by atoms with E-state index in [4.69, 9.17) is 0 Å². The van der Waals surface area contributed by atoms with Crippen LogP contribution in [0.2, 0.25) is 0 Å². The van der Waals surface area contributed by atoms with E-state index in [1.807, 2.05) is 18.2 Å². The molecule has 0 saturated heterocycles. The highest BCUT2D eigenvalue weighted by molar-refractivity contribution is 6.02. The molecular weight excluding hydrogens is 196 g/mol. The van der Waals surface area contributed by atoms with Crippen LogP contribution in [-0.2, 0) is 6.42 Å². The van der Waals surface area contributed by atoms with E-state index in [1.54, 1.807) is 0 Å². The summed E-state index contributed by atoms with van der Waals surface area (Å²) in [5.74, 6) is 1.38. The first-order valence-corrected chi connectivity index (χ1v) is 6.30. The van der Waals surface area contributed by atoms with Gasteiger partial charge in [0.15, 0.2) is 5.78 Å². The Morgan fingerprint density at radius 2 is 2.06 bits per heavy atom. The molecule has 0 aromatic heterocycles. The number of hydrogen-bond donors (Lipinski definition) is 0. The van der Waals surface area contributed by atoms with Gasteiger partial charge in [0.05, 0.1) is 0 Å². The van der Waals surface area contributed by atoms with Crippen LogP contribution < -0.4 is 0 Å². The van der Waals surface area contributed by atoms with Crippen molar-refractivity contribution in [2.24, 2.45) is 11.8 Å². The van der Waals surface area contributed by atoms with Crippen LogP contribution in [0.5, 0.6) is 0 Å². The van der Waals surface area contributed by atoms with Gasteiger partial charge in [-0.15, -0.1) is 0 Å². The lowest BCUT2D eigenvalue weighted by molar-refractivity contribution is 0.0928. The van der Waals surface area contributed by atoms with Gasteiger partial charge in [-0.1, -0.05) is 51.0 Å². The Hall–Kier alpha value is -1.11. The molecule has 1 nitrogen and oxygen atoms in total. The van der Waals surface area contributed by atoms with E-state index in [9.17, 15) is 4.79 Å². The minimum absolute atomic E-state index is 0.260. The molecule has 1 aliphatic carbocycles. The molecule has 1 aromatic carbocycles. The number of carbonyl (C=O) groups excluding carboxylic acids is 1. The van der Waals surface area contributed by atoms with Gasteiger partial charge in [-0.3, -0.25) is 4.79 Å². The van der Waals surface area contributed by atoms with Crippen LogP contribution in [0.15, 0.2) is 24.3 Å². The zero-order valence-electron chi connectivity index (χ0n) is 10.2. The molecular formula is C15H20O. The molecule has 0 fully saturated rings. The normalized spacial score (nSPS) is 19.2. The van der Waals surface area contributed by atoms with Crippen LogP contribution in [0.4, 0.5) is 0 Å². The van der Waals surface area contributed by atoms with E-state index in [2.05, 4.69) is 19.9 Å². The zero-order valence-corrected chi connectivity index (χ0v) is 10.2. The van der Waals surface area contributed by atoms with Crippen molar-refractivity contribution in [3.63, 3.8) is 0 Å². The lowest BCUT2D eigenvalue weighted by Crippen LogP contribution is -2.09. The summed E-state index contributed by atoms with van der Waals surface area (Å²) in [6.07, 6.45) is 4.45. The van der Waals surface area contributed by atoms with Gasteiger partial charge in [-0.05, 0) is 24.3 Å². The molecule has 16 heavy (non-hydrogen) atoms. The Kier molecular flexibility index (Phi) is 3.42. The summed E-state index contributed by atoms with van der Waals surface area (Å²) in [5.41, 5.74) is 2.22. The minimum Gasteiger partial charge on any atom is -0.294 e. The number of fused-ring (bicyclic) bond motifs is 1. The summed E-state index contributed by atoms with van der Waals surface area (Å²) in [5, 5.41) is 0. The third-order valence-corrected chi connectivity index (χ3v) is 3.45. The predicted molar refractivity (Wildman–Crippen MR) is 66.7 cm³/mol. The largest absolute Gasteiger partial charge is 0.294 e. The number of Topliss-reactive ketones (excluding diaryl/α,β-unsaturated/α-hetero) is 1. The topological polar surface area (TPSA) is 17.1 Å². The molecule has 0 heterocycles. The van der Waals surface area contributed by atoms with Crippen molar-refractivity contribution in [2.75, 3.05) is 0 Å². The molecule has 86 valence electrons. The molecule has 1 aliphatic rings. The van der Waals surface area contributed by atoms with Crippen molar-refractivity contribution in [1.82, 2.24) is 0 Å². The molecule has 0 saturated carbocycles. The van der Waals surface area contributed by atoms with Gasteiger partial charge in [0, 0.05) is 11.5 Å². The maximum absolute atomic E-state index is 12.1. The Morgan fingerprint density at radius 1 is 1.31 bits per heavy atom. The maximum Gasteiger partial charge on any atom is 0.166 e. The number of rotatable bonds is 4. The Morgan fingerprint density at radius 3 is 2.75 bits per heavy atom. The highest BCUT2D eigenvalue weighted by Gasteiger charge is 2.29. The summed E-state index contributed by atoms with van der Waals surface area (Å²) in [7, 11) is 0. The van der Waals surface area contributed by atoms with E-state index in [1.165, 1.54) is 18.4 Å². The zero-order chi connectivity index (χ0) is 11.5. The van der Waals surface area contributed by atoms with Crippen molar-refractivity contribution < 1.29 is 4.79 Å². The quantitative estimate of drug-likeness (QED) is 0.746. The Labute approximate surface area is 97.9 Å². The Bertz CT molecular complexity index is 379. The number of hydrogen-bond acceptors (Lipinski definition) is 1. The molecule has 0 aliphatic heterocycles. The van der Waals surface area contributed by atoms with E-state index < -0.39 is 0 Å². The third kappa shape index (κ3) is 2.34. The smallest absolute Gasteiger partial charge is 0.166 e. The number of carbonyl (C=O) groups is 1. The SMILES string of the molecule is CC(C)CCCC1Cc2ccccc2C1=O. The van der Waals surface area contributed by atoms with Crippen molar-refractivity contribution in [2.45, 2.75) is 39.5 Å². The second-order valence-electron chi connectivity index (χ2n) is 5.25. The molecule has 0 bridgehead atoms. The van der Waals surface area contributed by atoms with Crippen LogP contribution in [0.25, 0.3) is 0 Å². The molecule has 1 atom stereocenters. The van der Waals surface area contributed by atoms with Gasteiger partial charge < -0.3 is 0 Å². The summed E-state index contributed by atoms with van der Waals surface area (Å²) in [6.45, 7) is 4.48. The average Bonchev–Trinajstić information content (AvgIpc) is 2.56. The van der Waals surface area contributed by atoms with Crippen molar-refractivity contribution in [3.8, 4) is 0 Å². The van der Waals surface area contributed by atoms with Crippen LogP contribution in [0.3, 0.4) is 0 Å². The fourth-order valence-electron chi connectivity index (χ4n) is 2.52. The van der Waals surface area contributed by atoms with Gasteiger partial charge >= 0.3 is 0 Å². The van der Waals surface area contributed by atoms with Crippen molar-refractivity contribution in [3.05, 3.63) is 35.4 Å². The molecule has 1 unspecified atom stereocenters. The summed E-state index contributed by atoms with van der Waals surface area (Å²) < 4.78 is 0. The molecule has 0 N–H and O–H groups in total. The van der Waals surface area contributed by atoms with E-state index >= 15 is 0 Å². The molecule has 1 aromatic rings. The second kappa shape index (κ2) is 4.82. The fraction of sp³-hybridized carbons (Fsp3) is 0.533. The highest BCUT2D eigenvalue weighted by Crippen LogP contribution is 2.30. The van der Waals surface area contributed by atoms with Gasteiger partial charge in [0.1, 0.15) is 0 Å². The lowest BCUT2D eigenvalue weighted by atomic mass is 9.95. The standard InChI is InChI=1S/C15H20O/c1-11(2)6-5-8-13-10-12-7-3-4-9-14(12)15(13)16/h3-4,7,9,11,13H,5-6,8,10H2,1-2H3. The van der Waals surface area contributed by atoms with Gasteiger partial charge in [0.2, 0.25) is 0 Å². The Balaban J connectivity index is 1.94. The van der Waals surface area contributed by atoms with Crippen molar-refractivity contribution >= 4 is 5.78 Å². The van der Waals surface area contributed by atoms with Crippen molar-refractivity contribution in [1.29, 1.82) is 0 Å². The first-order chi connectivity index (χ1) is 7.68. The molecule has 1 heteroatoms. The number of benzene rings is 1. The monoisotopic (exact) mass is 216 g/mol. The molecule has 0 amide bonds. The highest BCUT2D eigenvalue weighted by atomic mass is 16.1. The van der Waals surface area contributed by atoms with Crippen LogP contribution >= 0.6 is 0 Å². The maximum atomic E-state index is 12.1. The first kappa shape index (κ1) is 11.4. The molecule has 2 rings (SSSR count). The van der Waals surface area contributed by atoms with E-state index in [0.717, 1.165) is 24.3 Å². The third-order valence-electron chi connectivity index (χ3n) is 3.45. The van der Waals surface area contributed by atoms with Gasteiger partial charge in [-0.2, -0.15) is 0 Å². The van der Waals surface area contributed by atoms with E-state index in [0.29, 0.717) is 5.78 Å². The van der Waals surface area contributed by atoms with Gasteiger partial charge in [0.25, 0.3) is 0 Å². The lowest BCUT2D eigenvalue weighted by Gasteiger charge is -2.08. The molecule has 0 spiro atoms. The summed E-state index contributed by atoms with van der Waals surface area (Å²) >= 11 is 0. The predicted octanol–water partition coefficient (Wildman–Crippen LogP) is 3.87. The van der Waals surface area contributed by atoms with Crippen LogP contribution in [0.1, 0.15) is 49.0 Å². The minimum atomic E-state index is 0.260. The average molecular weight is 216 g/mol. The summed E-state index contributed by atoms with van der Waals surface area (Å²) in [6, 6.07) is 8.06. The second-order valence-corrected chi connectivity index (χ2v) is 5.25. The van der Waals surface area contributed by atoms with Crippen LogP contribution in [-0.4, -0.2) is 5.78 Å². The van der Waals surface area contributed by atoms with Gasteiger partial charge in [-0.25, -0.2) is 0 Å². The number of ketones is 1. The fourth-order valence-corrected chi connectivity index (χ4v) is 2.52. The van der Waals surface area contributed by atoms with E-state index in [-0.39, 0.29) is 5.92 Å². The van der Waals surface area contributed by atoms with Crippen LogP contribution in [0, 0.1) is 11.8 Å².